The molecule has 0 atom stereocenters. The zero-order valence-electron chi connectivity index (χ0n) is 15.8. The number of rotatable bonds is 6. The van der Waals surface area contributed by atoms with E-state index in [0.29, 0.717) is 12.4 Å². The van der Waals surface area contributed by atoms with E-state index in [-0.39, 0.29) is 5.56 Å². The van der Waals surface area contributed by atoms with Crippen LogP contribution in [0.4, 0.5) is 0 Å². The first-order valence-electron chi connectivity index (χ1n) is 8.85. The second kappa shape index (κ2) is 7.66. The highest BCUT2D eigenvalue weighted by molar-refractivity contribution is 5.54. The molecule has 1 aromatic carbocycles. The highest BCUT2D eigenvalue weighted by atomic mass is 16.1. The van der Waals surface area contributed by atoms with Crippen LogP contribution in [0.3, 0.4) is 0 Å². The molecule has 3 rings (SSSR count). The molecule has 0 fully saturated rings. The van der Waals surface area contributed by atoms with E-state index >= 15 is 0 Å². The van der Waals surface area contributed by atoms with Gasteiger partial charge in [0.15, 0.2) is 0 Å². The highest BCUT2D eigenvalue weighted by Crippen LogP contribution is 2.17. The summed E-state index contributed by atoms with van der Waals surface area (Å²) in [6.45, 7) is 8.48. The Bertz CT molecular complexity index is 943. The topological polar surface area (TPSA) is 66.8 Å². The lowest BCUT2D eigenvalue weighted by Gasteiger charge is -2.17. The van der Waals surface area contributed by atoms with Crippen LogP contribution >= 0.6 is 0 Å². The number of hydrogen-bond acceptors (Lipinski definition) is 4. The third-order valence-electron chi connectivity index (χ3n) is 4.53. The summed E-state index contributed by atoms with van der Waals surface area (Å²) in [5, 5.41) is 4.58. The standard InChI is InChI=1S/C20H25N5O/c1-5-25-15(3)18(14(2)23-25)13-24(4)12-17-11-19(26)22-20(21-17)16-9-7-6-8-10-16/h6-11H,5,12-13H2,1-4H3,(H,21,22,26). The lowest BCUT2D eigenvalue weighted by atomic mass is 10.2. The van der Waals surface area contributed by atoms with Crippen molar-refractivity contribution in [3.8, 4) is 11.4 Å². The van der Waals surface area contributed by atoms with E-state index in [1.807, 2.05) is 49.0 Å². The molecule has 0 unspecified atom stereocenters. The first kappa shape index (κ1) is 18.1. The lowest BCUT2D eigenvalue weighted by molar-refractivity contribution is 0.313. The van der Waals surface area contributed by atoms with E-state index in [2.05, 4.69) is 33.8 Å². The van der Waals surface area contributed by atoms with E-state index in [1.165, 1.54) is 11.3 Å². The Morgan fingerprint density at radius 1 is 1.15 bits per heavy atom. The van der Waals surface area contributed by atoms with Crippen LogP contribution in [0.25, 0.3) is 11.4 Å². The van der Waals surface area contributed by atoms with Crippen LogP contribution in [0.15, 0.2) is 41.2 Å². The Morgan fingerprint density at radius 2 is 1.88 bits per heavy atom. The summed E-state index contributed by atoms with van der Waals surface area (Å²) in [5.74, 6) is 0.604. The smallest absolute Gasteiger partial charge is 0.251 e. The molecule has 0 radical (unpaired) electrons. The minimum absolute atomic E-state index is 0.131. The predicted molar refractivity (Wildman–Crippen MR) is 103 cm³/mol. The fourth-order valence-corrected chi connectivity index (χ4v) is 3.19. The number of hydrogen-bond donors (Lipinski definition) is 1. The molecule has 0 bridgehead atoms. The molecule has 0 saturated heterocycles. The van der Waals surface area contributed by atoms with Crippen LogP contribution in [-0.4, -0.2) is 31.7 Å². The maximum Gasteiger partial charge on any atom is 0.251 e. The van der Waals surface area contributed by atoms with Gasteiger partial charge in [0.2, 0.25) is 0 Å². The molecule has 6 heteroatoms. The third kappa shape index (κ3) is 3.91. The van der Waals surface area contributed by atoms with Crippen molar-refractivity contribution in [3.05, 3.63) is 69.4 Å². The van der Waals surface area contributed by atoms with Gasteiger partial charge in [-0.2, -0.15) is 5.10 Å². The SMILES string of the molecule is CCn1nc(C)c(CN(C)Cc2cc(=O)[nH]c(-c3ccccc3)n2)c1C. The van der Waals surface area contributed by atoms with Crippen LogP contribution in [0.2, 0.25) is 0 Å². The fraction of sp³-hybridized carbons (Fsp3) is 0.350. The molecular weight excluding hydrogens is 326 g/mol. The number of H-pyrrole nitrogens is 1. The summed E-state index contributed by atoms with van der Waals surface area (Å²) >= 11 is 0. The quantitative estimate of drug-likeness (QED) is 0.741. The van der Waals surface area contributed by atoms with E-state index in [9.17, 15) is 4.79 Å². The first-order valence-corrected chi connectivity index (χ1v) is 8.85. The zero-order chi connectivity index (χ0) is 18.7. The minimum Gasteiger partial charge on any atom is -0.307 e. The van der Waals surface area contributed by atoms with Gasteiger partial charge in [-0.1, -0.05) is 30.3 Å². The van der Waals surface area contributed by atoms with Gasteiger partial charge in [0.05, 0.1) is 11.4 Å². The molecule has 2 aromatic heterocycles. The maximum atomic E-state index is 12.0. The molecule has 3 aromatic rings. The Hall–Kier alpha value is -2.73. The molecule has 1 N–H and O–H groups in total. The van der Waals surface area contributed by atoms with Gasteiger partial charge in [0, 0.05) is 42.5 Å². The molecule has 0 amide bonds. The number of nitrogens with one attached hydrogen (secondary N) is 1. The van der Waals surface area contributed by atoms with Gasteiger partial charge in [-0.15, -0.1) is 0 Å². The summed E-state index contributed by atoms with van der Waals surface area (Å²) in [5.41, 5.74) is 5.02. The van der Waals surface area contributed by atoms with Crippen LogP contribution < -0.4 is 5.56 Å². The van der Waals surface area contributed by atoms with E-state index in [1.54, 1.807) is 6.07 Å². The summed E-state index contributed by atoms with van der Waals surface area (Å²) in [7, 11) is 2.03. The van der Waals surface area contributed by atoms with Gasteiger partial charge in [-0.05, 0) is 27.8 Å². The van der Waals surface area contributed by atoms with Gasteiger partial charge in [0.25, 0.3) is 5.56 Å². The number of benzene rings is 1. The van der Waals surface area contributed by atoms with Gasteiger partial charge < -0.3 is 4.98 Å². The van der Waals surface area contributed by atoms with Gasteiger partial charge in [0.1, 0.15) is 5.82 Å². The minimum atomic E-state index is -0.131. The summed E-state index contributed by atoms with van der Waals surface area (Å²) in [6, 6.07) is 11.3. The van der Waals surface area contributed by atoms with Gasteiger partial charge in [-0.3, -0.25) is 14.4 Å². The molecule has 0 aliphatic heterocycles. The molecule has 0 saturated carbocycles. The Kier molecular flexibility index (Phi) is 5.32. The number of nitrogens with zero attached hydrogens (tertiary/aromatic N) is 4. The van der Waals surface area contributed by atoms with Crippen LogP contribution in [0, 0.1) is 13.8 Å². The van der Waals surface area contributed by atoms with Crippen LogP contribution in [0.1, 0.15) is 29.6 Å². The van der Waals surface area contributed by atoms with Crippen molar-refractivity contribution in [2.75, 3.05) is 7.05 Å². The average Bonchev–Trinajstić information content (AvgIpc) is 2.89. The molecular formula is C20H25N5O. The molecule has 0 spiro atoms. The van der Waals surface area contributed by atoms with Crippen molar-refractivity contribution in [3.63, 3.8) is 0 Å². The molecule has 0 aliphatic carbocycles. The van der Waals surface area contributed by atoms with E-state index in [0.717, 1.165) is 30.0 Å². The molecule has 6 nitrogen and oxygen atoms in total. The number of aromatic amines is 1. The molecule has 0 aliphatic rings. The second-order valence-corrected chi connectivity index (χ2v) is 6.59. The Balaban J connectivity index is 1.80. The van der Waals surface area contributed by atoms with E-state index in [4.69, 9.17) is 0 Å². The van der Waals surface area contributed by atoms with Crippen molar-refractivity contribution in [1.29, 1.82) is 0 Å². The largest absolute Gasteiger partial charge is 0.307 e. The third-order valence-corrected chi connectivity index (χ3v) is 4.53. The van der Waals surface area contributed by atoms with Crippen molar-refractivity contribution >= 4 is 0 Å². The number of aryl methyl sites for hydroxylation is 2. The summed E-state index contributed by atoms with van der Waals surface area (Å²) in [4.78, 5) is 21.7. The van der Waals surface area contributed by atoms with Crippen molar-refractivity contribution in [2.45, 2.75) is 40.4 Å². The molecule has 26 heavy (non-hydrogen) atoms. The predicted octanol–water partition coefficient (Wildman–Crippen LogP) is 2.90. The van der Waals surface area contributed by atoms with Crippen molar-refractivity contribution in [1.82, 2.24) is 24.6 Å². The molecule has 2 heterocycles. The van der Waals surface area contributed by atoms with Gasteiger partial charge in [-0.25, -0.2) is 4.98 Å². The normalized spacial score (nSPS) is 11.3. The maximum absolute atomic E-state index is 12.0. The average molecular weight is 351 g/mol. The monoisotopic (exact) mass is 351 g/mol. The Labute approximate surface area is 153 Å². The van der Waals surface area contributed by atoms with Gasteiger partial charge >= 0.3 is 0 Å². The van der Waals surface area contributed by atoms with E-state index < -0.39 is 0 Å². The second-order valence-electron chi connectivity index (χ2n) is 6.59. The number of aromatic nitrogens is 4. The van der Waals surface area contributed by atoms with Crippen molar-refractivity contribution in [2.24, 2.45) is 0 Å². The highest BCUT2D eigenvalue weighted by Gasteiger charge is 2.14. The molecule has 136 valence electrons. The fourth-order valence-electron chi connectivity index (χ4n) is 3.19. The summed E-state index contributed by atoms with van der Waals surface area (Å²) < 4.78 is 2.03. The van der Waals surface area contributed by atoms with Crippen molar-refractivity contribution < 1.29 is 0 Å². The lowest BCUT2D eigenvalue weighted by Crippen LogP contribution is -2.21. The Morgan fingerprint density at radius 3 is 2.54 bits per heavy atom. The summed E-state index contributed by atoms with van der Waals surface area (Å²) in [6.07, 6.45) is 0. The van der Waals surface area contributed by atoms with Crippen LogP contribution in [-0.2, 0) is 19.6 Å². The first-order chi connectivity index (χ1) is 12.5. The van der Waals surface area contributed by atoms with Crippen LogP contribution in [0.5, 0.6) is 0 Å². The zero-order valence-corrected chi connectivity index (χ0v) is 15.8.